The van der Waals surface area contributed by atoms with Gasteiger partial charge in [0.05, 0.1) is 18.7 Å². The zero-order valence-electron chi connectivity index (χ0n) is 11.0. The summed E-state index contributed by atoms with van der Waals surface area (Å²) in [5.74, 6) is -0.277. The maximum Gasteiger partial charge on any atom is 0.327 e. The lowest BCUT2D eigenvalue weighted by molar-refractivity contribution is -0.143. The molecular weight excluding hydrogens is 250 g/mol. The van der Waals surface area contributed by atoms with Gasteiger partial charge in [0.15, 0.2) is 0 Å². The standard InChI is InChI=1S/C12H19NO4Si/c1-10(18(15-2)16-3)9-17-12(14)8-11-6-4-5-7-13-11/h4-7,10,18H,8-9H2,1-3H3. The predicted octanol–water partition coefficient (Wildman–Crippen LogP) is 1.07. The van der Waals surface area contributed by atoms with Gasteiger partial charge < -0.3 is 13.6 Å². The Morgan fingerprint density at radius 1 is 1.39 bits per heavy atom. The number of aromatic nitrogens is 1. The molecular formula is C12H19NO4Si. The molecule has 1 unspecified atom stereocenters. The van der Waals surface area contributed by atoms with E-state index in [1.807, 2.05) is 19.1 Å². The maximum atomic E-state index is 11.6. The first-order valence-corrected chi connectivity index (χ1v) is 7.39. The summed E-state index contributed by atoms with van der Waals surface area (Å²) >= 11 is 0. The SMILES string of the molecule is CO[SiH](OC)C(C)COC(=O)Cc1ccccn1. The van der Waals surface area contributed by atoms with E-state index in [1.54, 1.807) is 26.5 Å². The van der Waals surface area contributed by atoms with Crippen molar-refractivity contribution in [2.45, 2.75) is 18.9 Å². The van der Waals surface area contributed by atoms with E-state index >= 15 is 0 Å². The summed E-state index contributed by atoms with van der Waals surface area (Å²) in [6, 6.07) is 5.45. The molecule has 0 aromatic carbocycles. The molecule has 0 saturated heterocycles. The van der Waals surface area contributed by atoms with Crippen LogP contribution in [0.1, 0.15) is 12.6 Å². The third-order valence-electron chi connectivity index (χ3n) is 2.49. The summed E-state index contributed by atoms with van der Waals surface area (Å²) < 4.78 is 15.6. The summed E-state index contributed by atoms with van der Waals surface area (Å²) in [4.78, 5) is 15.7. The Hall–Kier alpha value is -1.24. The topological polar surface area (TPSA) is 57.7 Å². The summed E-state index contributed by atoms with van der Waals surface area (Å²) in [7, 11) is 1.51. The van der Waals surface area contributed by atoms with Gasteiger partial charge in [-0.3, -0.25) is 9.78 Å². The molecule has 1 aromatic rings. The fourth-order valence-electron chi connectivity index (χ4n) is 1.57. The molecule has 18 heavy (non-hydrogen) atoms. The van der Waals surface area contributed by atoms with Crippen molar-refractivity contribution in [1.29, 1.82) is 0 Å². The van der Waals surface area contributed by atoms with Crippen LogP contribution in [0.3, 0.4) is 0 Å². The smallest absolute Gasteiger partial charge is 0.327 e. The molecule has 0 saturated carbocycles. The molecule has 0 amide bonds. The average molecular weight is 269 g/mol. The van der Waals surface area contributed by atoms with E-state index < -0.39 is 9.28 Å². The second kappa shape index (κ2) is 7.96. The van der Waals surface area contributed by atoms with E-state index in [1.165, 1.54) is 0 Å². The Bertz CT molecular complexity index is 356. The highest BCUT2D eigenvalue weighted by Crippen LogP contribution is 2.11. The van der Waals surface area contributed by atoms with Crippen LogP contribution < -0.4 is 0 Å². The third kappa shape index (κ3) is 4.95. The van der Waals surface area contributed by atoms with E-state index in [2.05, 4.69) is 4.98 Å². The number of esters is 1. The normalized spacial score (nSPS) is 12.4. The molecule has 1 aromatic heterocycles. The molecule has 0 aliphatic carbocycles. The van der Waals surface area contributed by atoms with Crippen molar-refractivity contribution in [1.82, 2.24) is 4.98 Å². The number of pyridine rings is 1. The van der Waals surface area contributed by atoms with E-state index in [4.69, 9.17) is 13.6 Å². The molecule has 1 atom stereocenters. The number of nitrogens with zero attached hydrogens (tertiary/aromatic N) is 1. The van der Waals surface area contributed by atoms with Crippen LogP contribution in [0, 0.1) is 0 Å². The van der Waals surface area contributed by atoms with Crippen LogP contribution in [0.15, 0.2) is 24.4 Å². The minimum absolute atomic E-state index is 0.118. The third-order valence-corrected chi connectivity index (χ3v) is 4.54. The highest BCUT2D eigenvalue weighted by molar-refractivity contribution is 6.46. The largest absolute Gasteiger partial charge is 0.465 e. The lowest BCUT2D eigenvalue weighted by Crippen LogP contribution is -2.28. The van der Waals surface area contributed by atoms with Crippen LogP contribution in [0.2, 0.25) is 5.54 Å². The van der Waals surface area contributed by atoms with Crippen LogP contribution in [-0.4, -0.2) is 41.1 Å². The van der Waals surface area contributed by atoms with Crippen LogP contribution in [0.4, 0.5) is 0 Å². The maximum absolute atomic E-state index is 11.6. The van der Waals surface area contributed by atoms with Gasteiger partial charge in [-0.1, -0.05) is 13.0 Å². The van der Waals surface area contributed by atoms with Crippen LogP contribution in [0.25, 0.3) is 0 Å². The summed E-state index contributed by atoms with van der Waals surface area (Å²) in [6.45, 7) is 2.28. The fourth-order valence-corrected chi connectivity index (χ4v) is 2.94. The number of ether oxygens (including phenoxy) is 1. The zero-order chi connectivity index (χ0) is 13.4. The molecule has 0 N–H and O–H groups in total. The summed E-state index contributed by atoms with van der Waals surface area (Å²) in [6.07, 6.45) is 1.85. The van der Waals surface area contributed by atoms with Gasteiger partial charge >= 0.3 is 15.3 Å². The molecule has 0 fully saturated rings. The van der Waals surface area contributed by atoms with Gasteiger partial charge in [0.25, 0.3) is 0 Å². The molecule has 0 radical (unpaired) electrons. The average Bonchev–Trinajstić information content (AvgIpc) is 2.39. The van der Waals surface area contributed by atoms with Crippen molar-refractivity contribution in [3.8, 4) is 0 Å². The van der Waals surface area contributed by atoms with E-state index in [9.17, 15) is 4.79 Å². The number of hydrogen-bond acceptors (Lipinski definition) is 5. The molecule has 0 bridgehead atoms. The van der Waals surface area contributed by atoms with Crippen molar-refractivity contribution in [3.63, 3.8) is 0 Å². The van der Waals surface area contributed by atoms with Crippen LogP contribution in [-0.2, 0) is 24.8 Å². The first-order valence-electron chi connectivity index (χ1n) is 5.78. The predicted molar refractivity (Wildman–Crippen MR) is 69.5 cm³/mol. The van der Waals surface area contributed by atoms with E-state index in [0.717, 1.165) is 0 Å². The Kier molecular flexibility index (Phi) is 6.56. The molecule has 100 valence electrons. The van der Waals surface area contributed by atoms with E-state index in [0.29, 0.717) is 12.3 Å². The monoisotopic (exact) mass is 269 g/mol. The van der Waals surface area contributed by atoms with Gasteiger partial charge in [0, 0.05) is 26.0 Å². The Balaban J connectivity index is 2.33. The van der Waals surface area contributed by atoms with Crippen LogP contribution in [0.5, 0.6) is 0 Å². The first-order chi connectivity index (χ1) is 8.67. The fraction of sp³-hybridized carbons (Fsp3) is 0.500. The minimum atomic E-state index is -1.72. The van der Waals surface area contributed by atoms with Crippen molar-refractivity contribution < 1.29 is 18.4 Å². The summed E-state index contributed by atoms with van der Waals surface area (Å²) in [5, 5.41) is 0. The van der Waals surface area contributed by atoms with Crippen molar-refractivity contribution in [3.05, 3.63) is 30.1 Å². The highest BCUT2D eigenvalue weighted by Gasteiger charge is 2.21. The molecule has 0 spiro atoms. The van der Waals surface area contributed by atoms with Gasteiger partial charge in [-0.15, -0.1) is 0 Å². The van der Waals surface area contributed by atoms with Gasteiger partial charge in [-0.05, 0) is 12.1 Å². The van der Waals surface area contributed by atoms with Gasteiger partial charge in [0.1, 0.15) is 0 Å². The first kappa shape index (κ1) is 14.8. The molecule has 1 rings (SSSR count). The van der Waals surface area contributed by atoms with Crippen molar-refractivity contribution in [2.75, 3.05) is 20.8 Å². The number of hydrogen-bond donors (Lipinski definition) is 0. The summed E-state index contributed by atoms with van der Waals surface area (Å²) in [5.41, 5.74) is 0.829. The molecule has 5 nitrogen and oxygen atoms in total. The highest BCUT2D eigenvalue weighted by atomic mass is 28.3. The lowest BCUT2D eigenvalue weighted by atomic mass is 10.3. The number of rotatable bonds is 7. The number of carbonyl (C=O) groups excluding carboxylic acids is 1. The second-order valence-electron chi connectivity index (χ2n) is 4.00. The van der Waals surface area contributed by atoms with Gasteiger partial charge in [0.2, 0.25) is 0 Å². The zero-order valence-corrected chi connectivity index (χ0v) is 12.1. The quantitative estimate of drug-likeness (QED) is 0.547. The van der Waals surface area contributed by atoms with Gasteiger partial charge in [-0.25, -0.2) is 0 Å². The molecule has 6 heteroatoms. The minimum Gasteiger partial charge on any atom is -0.465 e. The molecule has 0 aliphatic rings. The van der Waals surface area contributed by atoms with Crippen LogP contribution >= 0.6 is 0 Å². The second-order valence-corrected chi connectivity index (χ2v) is 6.82. The van der Waals surface area contributed by atoms with Crippen molar-refractivity contribution >= 4 is 15.3 Å². The Labute approximate surface area is 109 Å². The Morgan fingerprint density at radius 3 is 2.67 bits per heavy atom. The number of carbonyl (C=O) groups is 1. The van der Waals surface area contributed by atoms with E-state index in [-0.39, 0.29) is 17.9 Å². The molecule has 0 aliphatic heterocycles. The van der Waals surface area contributed by atoms with Gasteiger partial charge in [-0.2, -0.15) is 0 Å². The Morgan fingerprint density at radius 2 is 2.11 bits per heavy atom. The lowest BCUT2D eigenvalue weighted by Gasteiger charge is -2.18. The molecule has 1 heterocycles. The van der Waals surface area contributed by atoms with Crippen molar-refractivity contribution in [2.24, 2.45) is 0 Å².